The molecule has 104 valence electrons. The third-order valence-electron chi connectivity index (χ3n) is 3.37. The van der Waals surface area contributed by atoms with Gasteiger partial charge < -0.3 is 11.1 Å². The van der Waals surface area contributed by atoms with Gasteiger partial charge >= 0.3 is 0 Å². The summed E-state index contributed by atoms with van der Waals surface area (Å²) in [6, 6.07) is 24.2. The number of para-hydroxylation sites is 1. The first kappa shape index (κ1) is 13.2. The van der Waals surface area contributed by atoms with Gasteiger partial charge in [0.05, 0.1) is 0 Å². The maximum Gasteiger partial charge on any atom is 0.128 e. The molecule has 0 amide bonds. The number of rotatable bonds is 4. The molecule has 0 saturated carbocycles. The summed E-state index contributed by atoms with van der Waals surface area (Å²) in [5, 5.41) is 5.52. The molecule has 3 N–H and O–H groups in total. The highest BCUT2D eigenvalue weighted by Crippen LogP contribution is 2.18. The Morgan fingerprint density at radius 1 is 0.857 bits per heavy atom. The Hall–Kier alpha value is -2.81. The van der Waals surface area contributed by atoms with Gasteiger partial charge in [0.1, 0.15) is 12.5 Å². The van der Waals surface area contributed by atoms with E-state index < -0.39 is 0 Å². The van der Waals surface area contributed by atoms with E-state index in [4.69, 9.17) is 5.73 Å². The summed E-state index contributed by atoms with van der Waals surface area (Å²) in [5.74, 6) is 0.551. The lowest BCUT2D eigenvalue weighted by Crippen LogP contribution is -2.16. The maximum atomic E-state index is 6.14. The molecule has 3 aromatic carbocycles. The molecule has 0 aliphatic heterocycles. The minimum atomic E-state index is 0.457. The number of nitrogens with zero attached hydrogens (tertiary/aromatic N) is 1. The minimum absolute atomic E-state index is 0.457. The summed E-state index contributed by atoms with van der Waals surface area (Å²) in [5.41, 5.74) is 8.14. The molecule has 0 aliphatic rings. The van der Waals surface area contributed by atoms with Gasteiger partial charge in [-0.1, -0.05) is 60.7 Å². The molecule has 0 fully saturated rings. The second-order valence-electron chi connectivity index (χ2n) is 4.77. The fourth-order valence-corrected chi connectivity index (χ4v) is 2.31. The van der Waals surface area contributed by atoms with Crippen LogP contribution in [0.3, 0.4) is 0 Å². The molecule has 0 heterocycles. The Labute approximate surface area is 124 Å². The van der Waals surface area contributed by atoms with Crippen molar-refractivity contribution in [3.8, 4) is 0 Å². The van der Waals surface area contributed by atoms with Gasteiger partial charge in [-0.05, 0) is 22.9 Å². The molecule has 3 heteroatoms. The summed E-state index contributed by atoms with van der Waals surface area (Å²) in [6.07, 6.45) is 0. The second kappa shape index (κ2) is 6.09. The number of fused-ring (bicyclic) bond motifs is 1. The third-order valence-corrected chi connectivity index (χ3v) is 3.37. The van der Waals surface area contributed by atoms with Gasteiger partial charge in [0.2, 0.25) is 0 Å². The van der Waals surface area contributed by atoms with E-state index in [1.807, 2.05) is 54.6 Å². The van der Waals surface area contributed by atoms with E-state index in [0.717, 1.165) is 16.6 Å². The molecule has 0 bridgehead atoms. The van der Waals surface area contributed by atoms with Crippen LogP contribution in [0.4, 0.5) is 5.69 Å². The largest absolute Gasteiger partial charge is 0.383 e. The van der Waals surface area contributed by atoms with Crippen molar-refractivity contribution in [2.24, 2.45) is 10.7 Å². The number of nitrogens with one attached hydrogen (secondary N) is 1. The van der Waals surface area contributed by atoms with Gasteiger partial charge in [0.25, 0.3) is 0 Å². The van der Waals surface area contributed by atoms with Crippen LogP contribution in [-0.4, -0.2) is 12.5 Å². The van der Waals surface area contributed by atoms with E-state index in [1.54, 1.807) is 0 Å². The van der Waals surface area contributed by atoms with E-state index in [-0.39, 0.29) is 0 Å². The van der Waals surface area contributed by atoms with Crippen molar-refractivity contribution in [1.29, 1.82) is 0 Å². The smallest absolute Gasteiger partial charge is 0.128 e. The normalized spacial score (nSPS) is 11.5. The Kier molecular flexibility index (Phi) is 3.83. The van der Waals surface area contributed by atoms with E-state index >= 15 is 0 Å². The predicted molar refractivity (Wildman–Crippen MR) is 89.6 cm³/mol. The van der Waals surface area contributed by atoms with E-state index in [9.17, 15) is 0 Å². The number of amidine groups is 1. The Morgan fingerprint density at radius 3 is 2.43 bits per heavy atom. The van der Waals surface area contributed by atoms with Crippen LogP contribution >= 0.6 is 0 Å². The summed E-state index contributed by atoms with van der Waals surface area (Å²) in [7, 11) is 0. The molecule has 0 spiro atoms. The number of nitrogens with two attached hydrogens (primary N) is 1. The predicted octanol–water partition coefficient (Wildman–Crippen LogP) is 3.61. The van der Waals surface area contributed by atoms with Crippen molar-refractivity contribution >= 4 is 22.3 Å². The molecule has 0 aromatic heterocycles. The van der Waals surface area contributed by atoms with Crippen LogP contribution in [0.25, 0.3) is 10.8 Å². The molecular weight excluding hydrogens is 258 g/mol. The number of anilines is 1. The Morgan fingerprint density at radius 2 is 1.57 bits per heavy atom. The lowest BCUT2D eigenvalue weighted by molar-refractivity contribution is 1.13. The van der Waals surface area contributed by atoms with Crippen LogP contribution < -0.4 is 11.1 Å². The van der Waals surface area contributed by atoms with Gasteiger partial charge in [-0.2, -0.15) is 0 Å². The average Bonchev–Trinajstić information content (AvgIpc) is 2.55. The lowest BCUT2D eigenvalue weighted by atomic mass is 10.0. The zero-order valence-electron chi connectivity index (χ0n) is 11.7. The maximum absolute atomic E-state index is 6.14. The zero-order valence-corrected chi connectivity index (χ0v) is 11.7. The fraction of sp³-hybridized carbons (Fsp3) is 0.0556. The van der Waals surface area contributed by atoms with Crippen molar-refractivity contribution in [3.63, 3.8) is 0 Å². The van der Waals surface area contributed by atoms with Gasteiger partial charge in [-0.25, -0.2) is 4.99 Å². The molecule has 0 radical (unpaired) electrons. The van der Waals surface area contributed by atoms with Crippen LogP contribution in [0.1, 0.15) is 5.56 Å². The van der Waals surface area contributed by atoms with Crippen LogP contribution in [0.5, 0.6) is 0 Å². The topological polar surface area (TPSA) is 50.4 Å². The van der Waals surface area contributed by atoms with Gasteiger partial charge in [0.15, 0.2) is 0 Å². The number of benzene rings is 3. The van der Waals surface area contributed by atoms with E-state index in [0.29, 0.717) is 12.5 Å². The zero-order chi connectivity index (χ0) is 14.5. The van der Waals surface area contributed by atoms with E-state index in [2.05, 4.69) is 28.5 Å². The summed E-state index contributed by atoms with van der Waals surface area (Å²) in [6.45, 7) is 0.457. The highest BCUT2D eigenvalue weighted by molar-refractivity contribution is 6.08. The van der Waals surface area contributed by atoms with E-state index in [1.165, 1.54) is 5.39 Å². The quantitative estimate of drug-likeness (QED) is 0.564. The number of hydrogen-bond acceptors (Lipinski definition) is 2. The molecule has 0 saturated heterocycles. The number of aliphatic imine (C=N–C) groups is 1. The minimum Gasteiger partial charge on any atom is -0.383 e. The Bertz CT molecular complexity index is 758. The van der Waals surface area contributed by atoms with Crippen LogP contribution in [0.2, 0.25) is 0 Å². The molecule has 21 heavy (non-hydrogen) atoms. The first-order valence-electron chi connectivity index (χ1n) is 6.91. The van der Waals surface area contributed by atoms with Gasteiger partial charge in [0, 0.05) is 11.3 Å². The van der Waals surface area contributed by atoms with Crippen molar-refractivity contribution < 1.29 is 0 Å². The molecule has 0 unspecified atom stereocenters. The standard InChI is InChI=1S/C18H17N3/c19-18(21-13-20-15-9-2-1-3-10-15)17-12-6-8-14-7-4-5-11-16(14)17/h1-12,20H,13H2,(H2,19,21). The second-order valence-corrected chi connectivity index (χ2v) is 4.77. The fourth-order valence-electron chi connectivity index (χ4n) is 2.31. The summed E-state index contributed by atoms with van der Waals surface area (Å²) >= 11 is 0. The molecule has 0 atom stereocenters. The highest BCUT2D eigenvalue weighted by Gasteiger charge is 2.03. The first-order chi connectivity index (χ1) is 10.3. The molecule has 3 nitrogen and oxygen atoms in total. The van der Waals surface area contributed by atoms with Gasteiger partial charge in [-0.15, -0.1) is 0 Å². The highest BCUT2D eigenvalue weighted by atomic mass is 15.0. The van der Waals surface area contributed by atoms with Crippen molar-refractivity contribution in [3.05, 3.63) is 78.4 Å². The SMILES string of the molecule is NC(=NCNc1ccccc1)c1cccc2ccccc12. The van der Waals surface area contributed by atoms with Gasteiger partial charge in [-0.3, -0.25) is 0 Å². The summed E-state index contributed by atoms with van der Waals surface area (Å²) in [4.78, 5) is 4.42. The molecule has 3 aromatic rings. The van der Waals surface area contributed by atoms with Crippen molar-refractivity contribution in [1.82, 2.24) is 0 Å². The van der Waals surface area contributed by atoms with Crippen LogP contribution in [0.15, 0.2) is 77.8 Å². The van der Waals surface area contributed by atoms with Crippen LogP contribution in [-0.2, 0) is 0 Å². The van der Waals surface area contributed by atoms with Crippen molar-refractivity contribution in [2.45, 2.75) is 0 Å². The molecular formula is C18H17N3. The average molecular weight is 275 g/mol. The Balaban J connectivity index is 1.80. The van der Waals surface area contributed by atoms with Crippen LogP contribution in [0, 0.1) is 0 Å². The first-order valence-corrected chi connectivity index (χ1v) is 6.91. The summed E-state index contributed by atoms with van der Waals surface area (Å²) < 4.78 is 0. The third kappa shape index (κ3) is 3.03. The molecule has 3 rings (SSSR count). The lowest BCUT2D eigenvalue weighted by Gasteiger charge is -2.07. The van der Waals surface area contributed by atoms with Crippen molar-refractivity contribution in [2.75, 3.05) is 12.0 Å². The molecule has 0 aliphatic carbocycles. The number of hydrogen-bond donors (Lipinski definition) is 2. The monoisotopic (exact) mass is 275 g/mol.